The van der Waals surface area contributed by atoms with Crippen LogP contribution in [0.2, 0.25) is 0 Å². The van der Waals surface area contributed by atoms with Crippen molar-refractivity contribution in [2.45, 2.75) is 90.9 Å². The Kier molecular flexibility index (Phi) is 12.0. The predicted molar refractivity (Wildman–Crippen MR) is 103 cm³/mol. The van der Waals surface area contributed by atoms with E-state index in [2.05, 4.69) is 23.7 Å². The van der Waals surface area contributed by atoms with Gasteiger partial charge in [-0.3, -0.25) is 0 Å². The second-order valence-corrected chi connectivity index (χ2v) is 7.35. The van der Waals surface area contributed by atoms with Crippen LogP contribution < -0.4 is 4.90 Å². The molecule has 0 fully saturated rings. The van der Waals surface area contributed by atoms with Crippen molar-refractivity contribution < 1.29 is 5.11 Å². The zero-order chi connectivity index (χ0) is 16.8. The highest BCUT2D eigenvalue weighted by atomic mass is 32.1. The fourth-order valence-electron chi connectivity index (χ4n) is 2.87. The number of hydrogen-bond donors (Lipinski definition) is 1. The van der Waals surface area contributed by atoms with Crippen LogP contribution >= 0.6 is 11.3 Å². The molecule has 3 nitrogen and oxygen atoms in total. The number of thiazole rings is 1. The molecule has 1 rings (SSSR count). The fourth-order valence-corrected chi connectivity index (χ4v) is 3.61. The van der Waals surface area contributed by atoms with Gasteiger partial charge in [0.25, 0.3) is 0 Å². The lowest BCUT2D eigenvalue weighted by Crippen LogP contribution is -2.25. The standard InChI is InChI=1S/C19H36N2OS/c1-3-5-7-9-11-13-15-21(19-20-18(22)17-23-19)16-14-12-10-8-6-4-2/h17,22H,3-16H2,1-2H3. The molecule has 1 heterocycles. The van der Waals surface area contributed by atoms with Crippen LogP contribution in [0.4, 0.5) is 5.13 Å². The Labute approximate surface area is 147 Å². The molecule has 1 N–H and O–H groups in total. The number of hydrogen-bond acceptors (Lipinski definition) is 4. The highest BCUT2D eigenvalue weighted by Gasteiger charge is 2.10. The van der Waals surface area contributed by atoms with Crippen LogP contribution in [0.25, 0.3) is 0 Å². The number of nitrogens with zero attached hydrogens (tertiary/aromatic N) is 2. The normalized spacial score (nSPS) is 11.0. The summed E-state index contributed by atoms with van der Waals surface area (Å²) in [4.78, 5) is 6.65. The van der Waals surface area contributed by atoms with Gasteiger partial charge < -0.3 is 10.0 Å². The number of aromatic nitrogens is 1. The third-order valence-electron chi connectivity index (χ3n) is 4.31. The number of anilines is 1. The minimum absolute atomic E-state index is 0.167. The first-order valence-corrected chi connectivity index (χ1v) is 10.5. The maximum Gasteiger partial charge on any atom is 0.223 e. The van der Waals surface area contributed by atoms with Gasteiger partial charge in [-0.1, -0.05) is 78.1 Å². The van der Waals surface area contributed by atoms with Crippen molar-refractivity contribution in [1.82, 2.24) is 4.98 Å². The molecule has 0 spiro atoms. The summed E-state index contributed by atoms with van der Waals surface area (Å²) in [5.74, 6) is 0.167. The predicted octanol–water partition coefficient (Wildman–Crippen LogP) is 6.38. The van der Waals surface area contributed by atoms with Gasteiger partial charge in [0.15, 0.2) is 5.13 Å². The number of rotatable bonds is 15. The quantitative estimate of drug-likeness (QED) is 0.376. The van der Waals surface area contributed by atoms with Gasteiger partial charge in [-0.15, -0.1) is 11.3 Å². The van der Waals surface area contributed by atoms with Gasteiger partial charge in [-0.05, 0) is 12.8 Å². The Morgan fingerprint density at radius 2 is 1.30 bits per heavy atom. The summed E-state index contributed by atoms with van der Waals surface area (Å²) in [6, 6.07) is 0. The van der Waals surface area contributed by atoms with E-state index >= 15 is 0 Å². The molecule has 0 bridgehead atoms. The van der Waals surface area contributed by atoms with E-state index in [1.54, 1.807) is 16.7 Å². The lowest BCUT2D eigenvalue weighted by molar-refractivity contribution is 0.456. The molecule has 1 aromatic heterocycles. The van der Waals surface area contributed by atoms with E-state index in [1.165, 1.54) is 77.0 Å². The smallest absolute Gasteiger partial charge is 0.223 e. The first-order chi connectivity index (χ1) is 11.3. The molecule has 0 aliphatic carbocycles. The summed E-state index contributed by atoms with van der Waals surface area (Å²) in [6.45, 7) is 6.68. The lowest BCUT2D eigenvalue weighted by atomic mass is 10.1. The second kappa shape index (κ2) is 13.6. The summed E-state index contributed by atoms with van der Waals surface area (Å²) in [5.41, 5.74) is 0. The SMILES string of the molecule is CCCCCCCCN(CCCCCCCC)c1nc(O)cs1. The molecule has 0 saturated heterocycles. The Morgan fingerprint density at radius 1 is 0.826 bits per heavy atom. The van der Waals surface area contributed by atoms with Crippen LogP contribution in [0, 0.1) is 0 Å². The lowest BCUT2D eigenvalue weighted by Gasteiger charge is -2.21. The van der Waals surface area contributed by atoms with Crippen LogP contribution in [-0.4, -0.2) is 23.2 Å². The number of aromatic hydroxyl groups is 1. The summed E-state index contributed by atoms with van der Waals surface area (Å²) in [5, 5.41) is 12.2. The molecule has 0 radical (unpaired) electrons. The van der Waals surface area contributed by atoms with Crippen molar-refractivity contribution in [3.05, 3.63) is 5.38 Å². The Morgan fingerprint density at radius 3 is 1.74 bits per heavy atom. The third-order valence-corrected chi connectivity index (χ3v) is 5.20. The maximum atomic E-state index is 9.51. The van der Waals surface area contributed by atoms with Crippen molar-refractivity contribution in [3.63, 3.8) is 0 Å². The van der Waals surface area contributed by atoms with Gasteiger partial charge in [-0.2, -0.15) is 4.98 Å². The highest BCUT2D eigenvalue weighted by Crippen LogP contribution is 2.25. The molecule has 1 aromatic rings. The summed E-state index contributed by atoms with van der Waals surface area (Å²) in [6.07, 6.45) is 15.9. The molecule has 134 valence electrons. The summed E-state index contributed by atoms with van der Waals surface area (Å²) >= 11 is 1.57. The van der Waals surface area contributed by atoms with Crippen molar-refractivity contribution in [2.24, 2.45) is 0 Å². The van der Waals surface area contributed by atoms with Crippen molar-refractivity contribution in [3.8, 4) is 5.88 Å². The van der Waals surface area contributed by atoms with Gasteiger partial charge in [0.1, 0.15) is 0 Å². The minimum atomic E-state index is 0.167. The van der Waals surface area contributed by atoms with Crippen molar-refractivity contribution in [1.29, 1.82) is 0 Å². The average Bonchev–Trinajstić information content (AvgIpc) is 2.98. The van der Waals surface area contributed by atoms with E-state index in [9.17, 15) is 5.11 Å². The maximum absolute atomic E-state index is 9.51. The van der Waals surface area contributed by atoms with Gasteiger partial charge >= 0.3 is 0 Å². The molecule has 0 aliphatic rings. The minimum Gasteiger partial charge on any atom is -0.493 e. The van der Waals surface area contributed by atoms with Crippen LogP contribution in [0.15, 0.2) is 5.38 Å². The summed E-state index contributed by atoms with van der Waals surface area (Å²) in [7, 11) is 0. The Balaban J connectivity index is 2.26. The zero-order valence-corrected chi connectivity index (χ0v) is 16.0. The first-order valence-electron chi connectivity index (χ1n) is 9.67. The van der Waals surface area contributed by atoms with E-state index in [-0.39, 0.29) is 5.88 Å². The monoisotopic (exact) mass is 340 g/mol. The van der Waals surface area contributed by atoms with Crippen molar-refractivity contribution in [2.75, 3.05) is 18.0 Å². The zero-order valence-electron chi connectivity index (χ0n) is 15.2. The second-order valence-electron chi connectivity index (χ2n) is 6.51. The molecule has 0 saturated carbocycles. The van der Waals surface area contributed by atoms with Gasteiger partial charge in [0.2, 0.25) is 5.88 Å². The van der Waals surface area contributed by atoms with E-state index in [1.807, 2.05) is 0 Å². The molecule has 4 heteroatoms. The van der Waals surface area contributed by atoms with Crippen LogP contribution in [-0.2, 0) is 0 Å². The average molecular weight is 341 g/mol. The van der Waals surface area contributed by atoms with Crippen LogP contribution in [0.1, 0.15) is 90.9 Å². The Hall–Kier alpha value is -0.770. The van der Waals surface area contributed by atoms with Gasteiger partial charge in [0, 0.05) is 13.1 Å². The molecule has 0 unspecified atom stereocenters. The van der Waals surface area contributed by atoms with E-state index in [4.69, 9.17) is 0 Å². The highest BCUT2D eigenvalue weighted by molar-refractivity contribution is 7.13. The molecule has 23 heavy (non-hydrogen) atoms. The number of unbranched alkanes of at least 4 members (excludes halogenated alkanes) is 10. The summed E-state index contributed by atoms with van der Waals surface area (Å²) < 4.78 is 0. The van der Waals surface area contributed by atoms with E-state index in [0.717, 1.165) is 18.2 Å². The van der Waals surface area contributed by atoms with E-state index < -0.39 is 0 Å². The topological polar surface area (TPSA) is 36.4 Å². The molecular formula is C19H36N2OS. The third kappa shape index (κ3) is 9.85. The van der Waals surface area contributed by atoms with Crippen molar-refractivity contribution >= 4 is 16.5 Å². The first kappa shape index (κ1) is 20.3. The largest absolute Gasteiger partial charge is 0.493 e. The Bertz CT molecular complexity index is 365. The molecule has 0 atom stereocenters. The van der Waals surface area contributed by atoms with E-state index in [0.29, 0.717) is 0 Å². The molecular weight excluding hydrogens is 304 g/mol. The fraction of sp³-hybridized carbons (Fsp3) is 0.842. The van der Waals surface area contributed by atoms with Gasteiger partial charge in [0.05, 0.1) is 5.38 Å². The molecule has 0 aliphatic heterocycles. The van der Waals surface area contributed by atoms with Crippen LogP contribution in [0.3, 0.4) is 0 Å². The van der Waals surface area contributed by atoms with Crippen LogP contribution in [0.5, 0.6) is 5.88 Å². The van der Waals surface area contributed by atoms with Gasteiger partial charge in [-0.25, -0.2) is 0 Å². The molecule has 0 aromatic carbocycles. The molecule has 0 amide bonds.